The second-order valence-electron chi connectivity index (χ2n) is 5.42. The second kappa shape index (κ2) is 7.26. The molecule has 0 amide bonds. The smallest absolute Gasteiger partial charge is 0.193 e. The molecule has 0 spiro atoms. The molecule has 0 aromatic heterocycles. The summed E-state index contributed by atoms with van der Waals surface area (Å²) in [6.07, 6.45) is 4.75. The van der Waals surface area contributed by atoms with Crippen molar-refractivity contribution in [3.8, 4) is 0 Å². The van der Waals surface area contributed by atoms with Gasteiger partial charge in [-0.05, 0) is 48.9 Å². The maximum Gasteiger partial charge on any atom is 0.193 e. The maximum absolute atomic E-state index is 5.93. The summed E-state index contributed by atoms with van der Waals surface area (Å²) in [4.78, 5) is 4.40. The first-order valence-corrected chi connectivity index (χ1v) is 7.08. The van der Waals surface area contributed by atoms with Gasteiger partial charge in [0.05, 0.1) is 6.61 Å². The van der Waals surface area contributed by atoms with Crippen molar-refractivity contribution >= 4 is 35.6 Å². The van der Waals surface area contributed by atoms with E-state index in [0.717, 1.165) is 31.9 Å². The Morgan fingerprint density at radius 1 is 1.35 bits per heavy atom. The SMILES string of the molecule is I.NC(=NCC1CCOC1)Nc1ccc2c(c1)CCC2. The molecular formula is C15H22IN3O. The van der Waals surface area contributed by atoms with E-state index in [1.54, 1.807) is 0 Å². The van der Waals surface area contributed by atoms with Gasteiger partial charge in [0, 0.05) is 24.8 Å². The Labute approximate surface area is 137 Å². The fraction of sp³-hybridized carbons (Fsp3) is 0.533. The first kappa shape index (κ1) is 15.6. The van der Waals surface area contributed by atoms with E-state index < -0.39 is 0 Å². The van der Waals surface area contributed by atoms with Crippen LogP contribution in [0.2, 0.25) is 0 Å². The molecule has 1 unspecified atom stereocenters. The molecule has 5 heteroatoms. The number of hydrogen-bond acceptors (Lipinski definition) is 2. The van der Waals surface area contributed by atoms with Crippen LogP contribution >= 0.6 is 24.0 Å². The average molecular weight is 387 g/mol. The number of aryl methyl sites for hydroxylation is 2. The molecule has 1 atom stereocenters. The molecule has 3 N–H and O–H groups in total. The molecule has 1 aliphatic heterocycles. The minimum absolute atomic E-state index is 0. The molecule has 1 aromatic carbocycles. The summed E-state index contributed by atoms with van der Waals surface area (Å²) < 4.78 is 5.33. The third kappa shape index (κ3) is 3.85. The third-order valence-corrected chi connectivity index (χ3v) is 3.91. The number of halogens is 1. The van der Waals surface area contributed by atoms with E-state index in [9.17, 15) is 0 Å². The number of anilines is 1. The largest absolute Gasteiger partial charge is 0.381 e. The van der Waals surface area contributed by atoms with Gasteiger partial charge in [0.25, 0.3) is 0 Å². The summed E-state index contributed by atoms with van der Waals surface area (Å²) in [5.74, 6) is 1.03. The summed E-state index contributed by atoms with van der Waals surface area (Å²) in [6, 6.07) is 6.48. The van der Waals surface area contributed by atoms with Crippen molar-refractivity contribution in [3.63, 3.8) is 0 Å². The van der Waals surface area contributed by atoms with Gasteiger partial charge in [0.2, 0.25) is 0 Å². The first-order valence-electron chi connectivity index (χ1n) is 7.08. The summed E-state index contributed by atoms with van der Waals surface area (Å²) >= 11 is 0. The van der Waals surface area contributed by atoms with Gasteiger partial charge in [-0.15, -0.1) is 24.0 Å². The Hall–Kier alpha value is -0.820. The fourth-order valence-electron chi connectivity index (χ4n) is 2.79. The first-order chi connectivity index (χ1) is 9.31. The maximum atomic E-state index is 5.93. The Bertz CT molecular complexity index is 484. The average Bonchev–Trinajstić information content (AvgIpc) is 3.07. The lowest BCUT2D eigenvalue weighted by molar-refractivity contribution is 0.187. The Morgan fingerprint density at radius 2 is 2.20 bits per heavy atom. The van der Waals surface area contributed by atoms with Crippen LogP contribution in [0.5, 0.6) is 0 Å². The van der Waals surface area contributed by atoms with E-state index in [4.69, 9.17) is 10.5 Å². The number of guanidine groups is 1. The lowest BCUT2D eigenvalue weighted by atomic mass is 10.1. The number of nitrogens with one attached hydrogen (secondary N) is 1. The number of ether oxygens (including phenoxy) is 1. The predicted octanol–water partition coefficient (Wildman–Crippen LogP) is 2.56. The van der Waals surface area contributed by atoms with Crippen LogP contribution in [0.4, 0.5) is 5.69 Å². The van der Waals surface area contributed by atoms with Crippen molar-refractivity contribution < 1.29 is 4.74 Å². The summed E-state index contributed by atoms with van der Waals surface area (Å²) in [5.41, 5.74) is 9.90. The van der Waals surface area contributed by atoms with Crippen LogP contribution in [0.25, 0.3) is 0 Å². The Kier molecular flexibility index (Phi) is 5.65. The molecule has 1 aliphatic carbocycles. The highest BCUT2D eigenvalue weighted by atomic mass is 127. The Balaban J connectivity index is 0.00000147. The van der Waals surface area contributed by atoms with Crippen molar-refractivity contribution in [1.82, 2.24) is 0 Å². The van der Waals surface area contributed by atoms with Crippen molar-refractivity contribution in [3.05, 3.63) is 29.3 Å². The van der Waals surface area contributed by atoms with Crippen molar-refractivity contribution in [2.24, 2.45) is 16.6 Å². The van der Waals surface area contributed by atoms with Gasteiger partial charge >= 0.3 is 0 Å². The standard InChI is InChI=1S/C15H21N3O.HI/c16-15(17-9-11-6-7-19-10-11)18-14-5-4-12-2-1-3-13(12)8-14;/h4-5,8,11H,1-3,6-7,9-10H2,(H3,16,17,18);1H. The zero-order valence-corrected chi connectivity index (χ0v) is 13.9. The van der Waals surface area contributed by atoms with Gasteiger partial charge in [-0.3, -0.25) is 4.99 Å². The number of aliphatic imine (C=N–C) groups is 1. The number of rotatable bonds is 3. The number of hydrogen-bond donors (Lipinski definition) is 2. The van der Waals surface area contributed by atoms with Crippen molar-refractivity contribution in [1.29, 1.82) is 0 Å². The summed E-state index contributed by atoms with van der Waals surface area (Å²) in [6.45, 7) is 2.43. The highest BCUT2D eigenvalue weighted by Crippen LogP contribution is 2.24. The van der Waals surface area contributed by atoms with E-state index in [2.05, 4.69) is 28.5 Å². The van der Waals surface area contributed by atoms with E-state index in [0.29, 0.717) is 11.9 Å². The lowest BCUT2D eigenvalue weighted by Crippen LogP contribution is -2.24. The number of nitrogens with two attached hydrogens (primary N) is 1. The van der Waals surface area contributed by atoms with Gasteiger partial charge in [-0.1, -0.05) is 6.07 Å². The third-order valence-electron chi connectivity index (χ3n) is 3.91. The minimum Gasteiger partial charge on any atom is -0.381 e. The van der Waals surface area contributed by atoms with Gasteiger partial charge in [-0.25, -0.2) is 0 Å². The Morgan fingerprint density at radius 3 is 3.00 bits per heavy atom. The number of benzene rings is 1. The predicted molar refractivity (Wildman–Crippen MR) is 92.9 cm³/mol. The molecule has 110 valence electrons. The highest BCUT2D eigenvalue weighted by Gasteiger charge is 2.15. The van der Waals surface area contributed by atoms with Gasteiger partial charge in [0.1, 0.15) is 0 Å². The normalized spacial score (nSPS) is 21.4. The van der Waals surface area contributed by atoms with Crippen LogP contribution in [0.1, 0.15) is 24.0 Å². The van der Waals surface area contributed by atoms with Crippen LogP contribution in [0, 0.1) is 5.92 Å². The van der Waals surface area contributed by atoms with Crippen molar-refractivity contribution in [2.45, 2.75) is 25.7 Å². The molecule has 4 nitrogen and oxygen atoms in total. The van der Waals surface area contributed by atoms with Crippen LogP contribution in [-0.2, 0) is 17.6 Å². The van der Waals surface area contributed by atoms with Crippen LogP contribution in [0.3, 0.4) is 0 Å². The topological polar surface area (TPSA) is 59.6 Å². The zero-order chi connectivity index (χ0) is 13.1. The van der Waals surface area contributed by atoms with E-state index >= 15 is 0 Å². The van der Waals surface area contributed by atoms with Crippen LogP contribution in [0.15, 0.2) is 23.2 Å². The van der Waals surface area contributed by atoms with E-state index in [-0.39, 0.29) is 24.0 Å². The van der Waals surface area contributed by atoms with Crippen LogP contribution < -0.4 is 11.1 Å². The molecule has 1 aromatic rings. The van der Waals surface area contributed by atoms with E-state index in [1.165, 1.54) is 30.4 Å². The molecule has 1 heterocycles. The second-order valence-corrected chi connectivity index (χ2v) is 5.42. The highest BCUT2D eigenvalue weighted by molar-refractivity contribution is 14.0. The fourth-order valence-corrected chi connectivity index (χ4v) is 2.79. The molecule has 1 saturated heterocycles. The number of nitrogens with zero attached hydrogens (tertiary/aromatic N) is 1. The lowest BCUT2D eigenvalue weighted by Gasteiger charge is -2.09. The van der Waals surface area contributed by atoms with Gasteiger partial charge < -0.3 is 15.8 Å². The molecule has 1 fully saturated rings. The molecular weight excluding hydrogens is 365 g/mol. The van der Waals surface area contributed by atoms with Crippen LogP contribution in [-0.4, -0.2) is 25.7 Å². The van der Waals surface area contributed by atoms with E-state index in [1.807, 2.05) is 0 Å². The van der Waals surface area contributed by atoms with Gasteiger partial charge in [-0.2, -0.15) is 0 Å². The molecule has 0 saturated carbocycles. The summed E-state index contributed by atoms with van der Waals surface area (Å²) in [5, 5.41) is 3.18. The molecule has 2 aliphatic rings. The van der Waals surface area contributed by atoms with Gasteiger partial charge in [0.15, 0.2) is 5.96 Å². The molecule has 20 heavy (non-hydrogen) atoms. The molecule has 0 radical (unpaired) electrons. The monoisotopic (exact) mass is 387 g/mol. The summed E-state index contributed by atoms with van der Waals surface area (Å²) in [7, 11) is 0. The molecule has 3 rings (SSSR count). The number of fused-ring (bicyclic) bond motifs is 1. The quantitative estimate of drug-likeness (QED) is 0.476. The van der Waals surface area contributed by atoms with Crippen molar-refractivity contribution in [2.75, 3.05) is 25.1 Å². The zero-order valence-electron chi connectivity index (χ0n) is 11.6. The molecule has 0 bridgehead atoms. The minimum atomic E-state index is 0.